The van der Waals surface area contributed by atoms with Crippen molar-refractivity contribution in [3.63, 3.8) is 0 Å². The van der Waals surface area contributed by atoms with Crippen molar-refractivity contribution in [3.05, 3.63) is 30.1 Å². The van der Waals surface area contributed by atoms with E-state index in [0.717, 1.165) is 6.61 Å². The standard InChI is InChI=1S/C11H15NO/c1-9-4-5-11(8-13-9)10-3-2-6-12-7-10/h2-3,6-7,9,11H,4-5,8H2,1H3. The first-order valence-electron chi connectivity index (χ1n) is 4.88. The van der Waals surface area contributed by atoms with E-state index in [1.54, 1.807) is 0 Å². The van der Waals surface area contributed by atoms with Gasteiger partial charge in [0.25, 0.3) is 0 Å². The van der Waals surface area contributed by atoms with E-state index in [0.29, 0.717) is 12.0 Å². The number of aromatic nitrogens is 1. The Bertz CT molecular complexity index is 252. The Morgan fingerprint density at radius 2 is 2.38 bits per heavy atom. The predicted octanol–water partition coefficient (Wildman–Crippen LogP) is 2.36. The Labute approximate surface area is 78.9 Å². The Balaban J connectivity index is 2.03. The highest BCUT2D eigenvalue weighted by atomic mass is 16.5. The molecule has 2 heteroatoms. The van der Waals surface area contributed by atoms with E-state index in [4.69, 9.17) is 4.74 Å². The molecule has 1 fully saturated rings. The lowest BCUT2D eigenvalue weighted by atomic mass is 9.93. The maximum absolute atomic E-state index is 5.62. The van der Waals surface area contributed by atoms with Crippen LogP contribution in [-0.4, -0.2) is 17.7 Å². The molecule has 13 heavy (non-hydrogen) atoms. The van der Waals surface area contributed by atoms with Gasteiger partial charge in [0.05, 0.1) is 12.7 Å². The fourth-order valence-electron chi connectivity index (χ4n) is 1.76. The van der Waals surface area contributed by atoms with Crippen LogP contribution in [0.5, 0.6) is 0 Å². The fraction of sp³-hybridized carbons (Fsp3) is 0.545. The molecule has 0 saturated carbocycles. The van der Waals surface area contributed by atoms with Crippen molar-refractivity contribution < 1.29 is 4.74 Å². The van der Waals surface area contributed by atoms with E-state index < -0.39 is 0 Å². The summed E-state index contributed by atoms with van der Waals surface area (Å²) < 4.78 is 5.62. The molecule has 0 spiro atoms. The normalized spacial score (nSPS) is 28.7. The Morgan fingerprint density at radius 3 is 3.00 bits per heavy atom. The summed E-state index contributed by atoms with van der Waals surface area (Å²) in [5, 5.41) is 0. The van der Waals surface area contributed by atoms with E-state index >= 15 is 0 Å². The van der Waals surface area contributed by atoms with Gasteiger partial charge in [0, 0.05) is 18.3 Å². The molecule has 0 N–H and O–H groups in total. The van der Waals surface area contributed by atoms with Gasteiger partial charge in [-0.15, -0.1) is 0 Å². The lowest BCUT2D eigenvalue weighted by Gasteiger charge is -2.26. The minimum absolute atomic E-state index is 0.438. The van der Waals surface area contributed by atoms with Crippen molar-refractivity contribution >= 4 is 0 Å². The number of pyridine rings is 1. The van der Waals surface area contributed by atoms with Crippen molar-refractivity contribution in [2.45, 2.75) is 31.8 Å². The molecule has 0 aliphatic carbocycles. The molecule has 1 aliphatic rings. The maximum atomic E-state index is 5.62. The second kappa shape index (κ2) is 3.88. The molecule has 0 radical (unpaired) electrons. The lowest BCUT2D eigenvalue weighted by Crippen LogP contribution is -2.22. The molecule has 1 aliphatic heterocycles. The second-order valence-electron chi connectivity index (χ2n) is 3.70. The van der Waals surface area contributed by atoms with Crippen LogP contribution in [0.15, 0.2) is 24.5 Å². The van der Waals surface area contributed by atoms with Gasteiger partial charge in [-0.3, -0.25) is 4.98 Å². The van der Waals surface area contributed by atoms with Crippen LogP contribution in [0.1, 0.15) is 31.2 Å². The Hall–Kier alpha value is -0.890. The van der Waals surface area contributed by atoms with Gasteiger partial charge in [0.1, 0.15) is 0 Å². The third-order valence-corrected chi connectivity index (χ3v) is 2.66. The summed E-state index contributed by atoms with van der Waals surface area (Å²) >= 11 is 0. The predicted molar refractivity (Wildman–Crippen MR) is 51.6 cm³/mol. The molecule has 2 nitrogen and oxygen atoms in total. The van der Waals surface area contributed by atoms with Crippen LogP contribution in [-0.2, 0) is 4.74 Å². The number of hydrogen-bond acceptors (Lipinski definition) is 2. The topological polar surface area (TPSA) is 22.1 Å². The third kappa shape index (κ3) is 2.07. The van der Waals surface area contributed by atoms with E-state index in [1.807, 2.05) is 18.5 Å². The van der Waals surface area contributed by atoms with Gasteiger partial charge >= 0.3 is 0 Å². The molecule has 2 heterocycles. The van der Waals surface area contributed by atoms with Crippen molar-refractivity contribution in [2.75, 3.05) is 6.61 Å². The number of hydrogen-bond donors (Lipinski definition) is 0. The van der Waals surface area contributed by atoms with Crippen LogP contribution < -0.4 is 0 Å². The van der Waals surface area contributed by atoms with Crippen molar-refractivity contribution in [3.8, 4) is 0 Å². The second-order valence-corrected chi connectivity index (χ2v) is 3.70. The summed E-state index contributed by atoms with van der Waals surface area (Å²) in [5.74, 6) is 0.560. The van der Waals surface area contributed by atoms with Crippen LogP contribution in [0.25, 0.3) is 0 Å². The van der Waals surface area contributed by atoms with Crippen LogP contribution in [0.4, 0.5) is 0 Å². The number of nitrogens with zero attached hydrogens (tertiary/aromatic N) is 1. The van der Waals surface area contributed by atoms with Gasteiger partial charge in [0.15, 0.2) is 0 Å². The Kier molecular flexibility index (Phi) is 2.60. The number of ether oxygens (including phenoxy) is 1. The van der Waals surface area contributed by atoms with Gasteiger partial charge in [-0.2, -0.15) is 0 Å². The number of rotatable bonds is 1. The summed E-state index contributed by atoms with van der Waals surface area (Å²) in [6.07, 6.45) is 6.60. The van der Waals surface area contributed by atoms with Crippen LogP contribution in [0, 0.1) is 0 Å². The summed E-state index contributed by atoms with van der Waals surface area (Å²) in [6.45, 7) is 2.99. The van der Waals surface area contributed by atoms with Crippen LogP contribution >= 0.6 is 0 Å². The highest BCUT2D eigenvalue weighted by Crippen LogP contribution is 2.27. The highest BCUT2D eigenvalue weighted by Gasteiger charge is 2.19. The zero-order valence-corrected chi connectivity index (χ0v) is 7.94. The van der Waals surface area contributed by atoms with Crippen LogP contribution in [0.2, 0.25) is 0 Å². The summed E-state index contributed by atoms with van der Waals surface area (Å²) in [7, 11) is 0. The van der Waals surface area contributed by atoms with Gasteiger partial charge in [-0.1, -0.05) is 6.07 Å². The lowest BCUT2D eigenvalue weighted by molar-refractivity contribution is 0.0154. The summed E-state index contributed by atoms with van der Waals surface area (Å²) in [6, 6.07) is 4.13. The maximum Gasteiger partial charge on any atom is 0.0547 e. The monoisotopic (exact) mass is 177 g/mol. The van der Waals surface area contributed by atoms with Crippen molar-refractivity contribution in [2.24, 2.45) is 0 Å². The molecule has 2 atom stereocenters. The zero-order chi connectivity index (χ0) is 9.10. The van der Waals surface area contributed by atoms with Gasteiger partial charge in [-0.05, 0) is 31.4 Å². The molecule has 1 saturated heterocycles. The summed E-state index contributed by atoms with van der Waals surface area (Å²) in [4.78, 5) is 4.12. The van der Waals surface area contributed by atoms with E-state index in [2.05, 4.69) is 18.0 Å². The van der Waals surface area contributed by atoms with Crippen molar-refractivity contribution in [1.82, 2.24) is 4.98 Å². The third-order valence-electron chi connectivity index (χ3n) is 2.66. The average molecular weight is 177 g/mol. The Morgan fingerprint density at radius 1 is 1.46 bits per heavy atom. The molecule has 2 unspecified atom stereocenters. The SMILES string of the molecule is CC1CCC(c2cccnc2)CO1. The fourth-order valence-corrected chi connectivity index (χ4v) is 1.76. The van der Waals surface area contributed by atoms with E-state index in [9.17, 15) is 0 Å². The molecular formula is C11H15NO. The van der Waals surface area contributed by atoms with Gasteiger partial charge < -0.3 is 4.74 Å². The first-order chi connectivity index (χ1) is 6.36. The minimum Gasteiger partial charge on any atom is -0.378 e. The molecular weight excluding hydrogens is 162 g/mol. The molecule has 1 aromatic rings. The van der Waals surface area contributed by atoms with Gasteiger partial charge in [-0.25, -0.2) is 0 Å². The molecule has 70 valence electrons. The zero-order valence-electron chi connectivity index (χ0n) is 7.94. The average Bonchev–Trinajstić information content (AvgIpc) is 2.20. The molecule has 0 amide bonds. The first-order valence-corrected chi connectivity index (χ1v) is 4.88. The smallest absolute Gasteiger partial charge is 0.0547 e. The largest absolute Gasteiger partial charge is 0.378 e. The molecule has 0 aromatic carbocycles. The van der Waals surface area contributed by atoms with Crippen molar-refractivity contribution in [1.29, 1.82) is 0 Å². The van der Waals surface area contributed by atoms with E-state index in [1.165, 1.54) is 18.4 Å². The van der Waals surface area contributed by atoms with Gasteiger partial charge in [0.2, 0.25) is 0 Å². The molecule has 1 aromatic heterocycles. The quantitative estimate of drug-likeness (QED) is 0.657. The summed E-state index contributed by atoms with van der Waals surface area (Å²) in [5.41, 5.74) is 1.31. The molecule has 2 rings (SSSR count). The first kappa shape index (κ1) is 8.70. The van der Waals surface area contributed by atoms with Crippen LogP contribution in [0.3, 0.4) is 0 Å². The minimum atomic E-state index is 0.438. The highest BCUT2D eigenvalue weighted by molar-refractivity contribution is 5.15. The molecule has 0 bridgehead atoms. The van der Waals surface area contributed by atoms with E-state index in [-0.39, 0.29) is 0 Å².